The Morgan fingerprint density at radius 1 is 1.18 bits per heavy atom. The number of carbonyl (C=O) groups excluding carboxylic acids is 4. The van der Waals surface area contributed by atoms with E-state index in [1.165, 1.54) is 16.2 Å². The molecule has 2 N–H and O–H groups in total. The minimum Gasteiger partial charge on any atom is -0.460 e. The first-order chi connectivity index (χ1) is 15.4. The van der Waals surface area contributed by atoms with Crippen molar-refractivity contribution in [2.75, 3.05) is 14.1 Å². The van der Waals surface area contributed by atoms with E-state index in [9.17, 15) is 24.3 Å². The second kappa shape index (κ2) is 13.4. The SMILES string of the molecule is CCCCC(CC(=O)OC(C)(C)C)C(O)C(=O)CCC(=O)N[C@H](C(=O)N(C)C)c1cccs1. The predicted octanol–water partition coefficient (Wildman–Crippen LogP) is 3.24. The third kappa shape index (κ3) is 10.5. The van der Waals surface area contributed by atoms with E-state index in [4.69, 9.17) is 4.74 Å². The molecule has 0 bridgehead atoms. The van der Waals surface area contributed by atoms with Crippen molar-refractivity contribution in [3.05, 3.63) is 22.4 Å². The van der Waals surface area contributed by atoms with Gasteiger partial charge in [0.15, 0.2) is 5.78 Å². The van der Waals surface area contributed by atoms with Crippen molar-refractivity contribution in [3.63, 3.8) is 0 Å². The average molecular weight is 483 g/mol. The summed E-state index contributed by atoms with van der Waals surface area (Å²) in [6, 6.07) is 2.74. The van der Waals surface area contributed by atoms with Crippen molar-refractivity contribution in [2.24, 2.45) is 5.92 Å². The zero-order valence-electron chi connectivity index (χ0n) is 20.6. The molecule has 33 heavy (non-hydrogen) atoms. The van der Waals surface area contributed by atoms with Crippen LogP contribution in [0.4, 0.5) is 0 Å². The largest absolute Gasteiger partial charge is 0.460 e. The number of amides is 2. The molecule has 3 atom stereocenters. The van der Waals surface area contributed by atoms with Gasteiger partial charge in [0.1, 0.15) is 17.7 Å². The third-order valence-corrected chi connectivity index (χ3v) is 5.91. The first kappa shape index (κ1) is 28.8. The summed E-state index contributed by atoms with van der Waals surface area (Å²) in [5.74, 6) is -2.25. The molecule has 0 radical (unpaired) electrons. The highest BCUT2D eigenvalue weighted by Gasteiger charge is 2.30. The lowest BCUT2D eigenvalue weighted by Crippen LogP contribution is -2.40. The van der Waals surface area contributed by atoms with Gasteiger partial charge in [0.2, 0.25) is 11.8 Å². The topological polar surface area (TPSA) is 113 Å². The number of likely N-dealkylation sites (N-methyl/N-ethyl adjacent to an activating group) is 1. The van der Waals surface area contributed by atoms with Crippen LogP contribution in [0.3, 0.4) is 0 Å². The lowest BCUT2D eigenvalue weighted by molar-refractivity contribution is -0.157. The van der Waals surface area contributed by atoms with E-state index >= 15 is 0 Å². The Labute approximate surface area is 200 Å². The smallest absolute Gasteiger partial charge is 0.306 e. The summed E-state index contributed by atoms with van der Waals surface area (Å²) in [7, 11) is 3.21. The van der Waals surface area contributed by atoms with Gasteiger partial charge in [0.05, 0.1) is 6.42 Å². The Balaban J connectivity index is 2.72. The molecule has 1 rings (SSSR count). The number of rotatable bonds is 13. The number of Topliss-reactive ketones (excluding diaryl/α,β-unsaturated/α-hetero) is 1. The van der Waals surface area contributed by atoms with Crippen LogP contribution in [0.25, 0.3) is 0 Å². The minimum absolute atomic E-state index is 0.0613. The van der Waals surface area contributed by atoms with E-state index in [1.54, 1.807) is 47.0 Å². The number of ether oxygens (including phenoxy) is 1. The Kier molecular flexibility index (Phi) is 11.7. The number of carbonyl (C=O) groups is 4. The van der Waals surface area contributed by atoms with Crippen molar-refractivity contribution in [1.29, 1.82) is 0 Å². The van der Waals surface area contributed by atoms with Gasteiger partial charge in [-0.05, 0) is 38.6 Å². The summed E-state index contributed by atoms with van der Waals surface area (Å²) in [6.07, 6.45) is 0.364. The normalized spacial score (nSPS) is 14.2. The first-order valence-electron chi connectivity index (χ1n) is 11.3. The molecule has 0 spiro atoms. The maximum atomic E-state index is 12.6. The van der Waals surface area contributed by atoms with E-state index < -0.39 is 41.3 Å². The summed E-state index contributed by atoms with van der Waals surface area (Å²) < 4.78 is 5.34. The summed E-state index contributed by atoms with van der Waals surface area (Å²) in [6.45, 7) is 7.27. The number of aliphatic hydroxyl groups is 1. The molecule has 0 aromatic carbocycles. The molecule has 1 aromatic heterocycles. The highest BCUT2D eigenvalue weighted by atomic mass is 32.1. The van der Waals surface area contributed by atoms with Gasteiger partial charge >= 0.3 is 5.97 Å². The van der Waals surface area contributed by atoms with Gasteiger partial charge in [0, 0.05) is 37.7 Å². The lowest BCUT2D eigenvalue weighted by Gasteiger charge is -2.25. The average Bonchev–Trinajstić information content (AvgIpc) is 3.25. The molecule has 0 saturated carbocycles. The molecular weight excluding hydrogens is 444 g/mol. The van der Waals surface area contributed by atoms with Crippen LogP contribution < -0.4 is 5.32 Å². The van der Waals surface area contributed by atoms with Crippen molar-refractivity contribution in [2.45, 2.75) is 84.0 Å². The van der Waals surface area contributed by atoms with Crippen LogP contribution in [0.15, 0.2) is 17.5 Å². The van der Waals surface area contributed by atoms with Gasteiger partial charge in [-0.2, -0.15) is 0 Å². The van der Waals surface area contributed by atoms with Crippen molar-refractivity contribution < 1.29 is 29.0 Å². The molecule has 2 amide bonds. The number of aliphatic hydroxyl groups excluding tert-OH is 1. The highest BCUT2D eigenvalue weighted by Crippen LogP contribution is 2.23. The number of thiophene rings is 1. The third-order valence-electron chi connectivity index (χ3n) is 4.97. The fourth-order valence-electron chi connectivity index (χ4n) is 3.28. The standard InChI is InChI=1S/C24H38N2O6S/c1-7-8-10-16(15-20(29)32-24(2,3)4)22(30)17(27)12-13-19(28)25-21(23(31)26(5)6)18-11-9-14-33-18/h9,11,14,16,21-22,30H,7-8,10,12-13,15H2,1-6H3,(H,25,28)/t16?,21-,22?/m0/s1. The molecule has 1 heterocycles. The van der Waals surface area contributed by atoms with Crippen LogP contribution in [0.5, 0.6) is 0 Å². The zero-order valence-corrected chi connectivity index (χ0v) is 21.4. The van der Waals surface area contributed by atoms with Gasteiger partial charge in [-0.3, -0.25) is 19.2 Å². The molecule has 0 saturated heterocycles. The lowest BCUT2D eigenvalue weighted by atomic mass is 9.89. The first-order valence-corrected chi connectivity index (χ1v) is 12.2. The number of unbranched alkanes of at least 4 members (excludes halogenated alkanes) is 1. The van der Waals surface area contributed by atoms with E-state index in [0.29, 0.717) is 11.3 Å². The van der Waals surface area contributed by atoms with Crippen LogP contribution in [0.1, 0.15) is 77.1 Å². The summed E-state index contributed by atoms with van der Waals surface area (Å²) in [4.78, 5) is 51.9. The van der Waals surface area contributed by atoms with Gasteiger partial charge in [-0.25, -0.2) is 0 Å². The summed E-state index contributed by atoms with van der Waals surface area (Å²) >= 11 is 1.36. The number of hydrogen-bond donors (Lipinski definition) is 2. The molecule has 0 aliphatic heterocycles. The monoisotopic (exact) mass is 482 g/mol. The summed E-state index contributed by atoms with van der Waals surface area (Å²) in [5.41, 5.74) is -0.650. The molecule has 186 valence electrons. The fraction of sp³-hybridized carbons (Fsp3) is 0.667. The van der Waals surface area contributed by atoms with Crippen molar-refractivity contribution >= 4 is 34.9 Å². The van der Waals surface area contributed by atoms with E-state index in [-0.39, 0.29) is 25.2 Å². The molecule has 0 aliphatic rings. The maximum Gasteiger partial charge on any atom is 0.306 e. The van der Waals surface area contributed by atoms with Crippen LogP contribution >= 0.6 is 11.3 Å². The molecule has 8 nitrogen and oxygen atoms in total. The molecule has 9 heteroatoms. The van der Waals surface area contributed by atoms with Gasteiger partial charge < -0.3 is 20.1 Å². The quantitative estimate of drug-likeness (QED) is 0.417. The Morgan fingerprint density at radius 3 is 2.36 bits per heavy atom. The maximum absolute atomic E-state index is 12.6. The van der Waals surface area contributed by atoms with Crippen LogP contribution in [-0.4, -0.2) is 59.4 Å². The predicted molar refractivity (Wildman–Crippen MR) is 128 cm³/mol. The van der Waals surface area contributed by atoms with Crippen LogP contribution in [0.2, 0.25) is 0 Å². The fourth-order valence-corrected chi connectivity index (χ4v) is 4.05. The number of nitrogens with one attached hydrogen (secondary N) is 1. The summed E-state index contributed by atoms with van der Waals surface area (Å²) in [5, 5.41) is 15.1. The minimum atomic E-state index is -1.35. The second-order valence-corrected chi connectivity index (χ2v) is 10.3. The molecule has 1 aromatic rings. The molecular formula is C24H38N2O6S. The van der Waals surface area contributed by atoms with E-state index in [0.717, 1.165) is 12.8 Å². The number of nitrogens with zero attached hydrogens (tertiary/aromatic N) is 1. The molecule has 0 fully saturated rings. The number of hydrogen-bond acceptors (Lipinski definition) is 7. The van der Waals surface area contributed by atoms with Gasteiger partial charge in [-0.15, -0.1) is 11.3 Å². The van der Waals surface area contributed by atoms with E-state index in [1.807, 2.05) is 12.3 Å². The zero-order chi connectivity index (χ0) is 25.2. The second-order valence-electron chi connectivity index (χ2n) is 9.35. The molecule has 2 unspecified atom stereocenters. The van der Waals surface area contributed by atoms with Gasteiger partial charge in [0.25, 0.3) is 0 Å². The van der Waals surface area contributed by atoms with E-state index in [2.05, 4.69) is 5.32 Å². The van der Waals surface area contributed by atoms with Crippen molar-refractivity contribution in [3.8, 4) is 0 Å². The highest BCUT2D eigenvalue weighted by molar-refractivity contribution is 7.10. The van der Waals surface area contributed by atoms with Gasteiger partial charge in [-0.1, -0.05) is 25.8 Å². The Hall–Kier alpha value is -2.26. The Morgan fingerprint density at radius 2 is 1.85 bits per heavy atom. The number of esters is 1. The van der Waals surface area contributed by atoms with Crippen LogP contribution in [-0.2, 0) is 23.9 Å². The molecule has 0 aliphatic carbocycles. The Bertz CT molecular complexity index is 785. The number of ketones is 1. The van der Waals surface area contributed by atoms with Crippen LogP contribution in [0, 0.1) is 5.92 Å². The van der Waals surface area contributed by atoms with Crippen molar-refractivity contribution in [1.82, 2.24) is 10.2 Å².